The third-order valence-corrected chi connectivity index (χ3v) is 3.88. The van der Waals surface area contributed by atoms with Gasteiger partial charge in [0, 0.05) is 13.1 Å². The summed E-state index contributed by atoms with van der Waals surface area (Å²) in [5.74, 6) is -0.878. The summed E-state index contributed by atoms with van der Waals surface area (Å²) < 4.78 is 8.64. The maximum Gasteiger partial charge on any atom is 0.310 e. The first-order valence-electron chi connectivity index (χ1n) is 5.42. The Morgan fingerprint density at radius 3 is 2.89 bits per heavy atom. The molecule has 0 aliphatic carbocycles. The van der Waals surface area contributed by atoms with Gasteiger partial charge in [0.05, 0.1) is 13.0 Å². The molecule has 1 aromatic rings. The van der Waals surface area contributed by atoms with E-state index in [9.17, 15) is 9.59 Å². The number of nitrogens with two attached hydrogens (primary N) is 2. The van der Waals surface area contributed by atoms with E-state index in [0.717, 1.165) is 11.5 Å². The minimum Gasteiger partial charge on any atom is -0.469 e. The molecule has 1 atom stereocenters. The highest BCUT2D eigenvalue weighted by Gasteiger charge is 2.32. The van der Waals surface area contributed by atoms with Crippen LogP contribution in [0.2, 0.25) is 0 Å². The lowest BCUT2D eigenvalue weighted by atomic mass is 10.1. The number of rotatable bonds is 3. The largest absolute Gasteiger partial charge is 0.469 e. The summed E-state index contributed by atoms with van der Waals surface area (Å²) in [5, 5.41) is 0.631. The minimum atomic E-state index is -0.599. The van der Waals surface area contributed by atoms with Crippen LogP contribution < -0.4 is 16.4 Å². The van der Waals surface area contributed by atoms with Crippen molar-refractivity contribution in [2.45, 2.75) is 6.42 Å². The topological polar surface area (TPSA) is 112 Å². The second-order valence-electron chi connectivity index (χ2n) is 4.07. The third kappa shape index (κ3) is 2.10. The molecular formula is C10H14N4O3S. The molecule has 18 heavy (non-hydrogen) atoms. The van der Waals surface area contributed by atoms with Crippen LogP contribution in [0.4, 0.5) is 10.8 Å². The fourth-order valence-corrected chi connectivity index (χ4v) is 2.90. The predicted molar refractivity (Wildman–Crippen MR) is 67.4 cm³/mol. The zero-order chi connectivity index (χ0) is 13.3. The number of amides is 1. The van der Waals surface area contributed by atoms with Crippen molar-refractivity contribution in [3.8, 4) is 0 Å². The molecule has 1 aromatic heterocycles. The minimum absolute atomic E-state index is 0.143. The van der Waals surface area contributed by atoms with Crippen LogP contribution in [0.15, 0.2) is 0 Å². The Morgan fingerprint density at radius 2 is 2.28 bits per heavy atom. The van der Waals surface area contributed by atoms with Crippen molar-refractivity contribution >= 4 is 34.2 Å². The number of carbonyl (C=O) groups is 2. The van der Waals surface area contributed by atoms with Crippen molar-refractivity contribution in [3.63, 3.8) is 0 Å². The van der Waals surface area contributed by atoms with E-state index in [0.29, 0.717) is 24.5 Å². The second-order valence-corrected chi connectivity index (χ2v) is 4.82. The molecule has 1 amide bonds. The van der Waals surface area contributed by atoms with Gasteiger partial charge in [-0.2, -0.15) is 4.37 Å². The third-order valence-electron chi connectivity index (χ3n) is 2.96. The predicted octanol–water partition coefficient (Wildman–Crippen LogP) is -0.176. The van der Waals surface area contributed by atoms with Crippen LogP contribution in [0.5, 0.6) is 0 Å². The van der Waals surface area contributed by atoms with Crippen molar-refractivity contribution in [1.29, 1.82) is 0 Å². The molecular weight excluding hydrogens is 256 g/mol. The first kappa shape index (κ1) is 12.6. The van der Waals surface area contributed by atoms with E-state index in [1.165, 1.54) is 7.11 Å². The lowest BCUT2D eigenvalue weighted by molar-refractivity contribution is -0.144. The van der Waals surface area contributed by atoms with E-state index in [2.05, 4.69) is 4.37 Å². The molecule has 0 saturated carbocycles. The lowest BCUT2D eigenvalue weighted by Gasteiger charge is -2.16. The smallest absolute Gasteiger partial charge is 0.310 e. The molecule has 7 nitrogen and oxygen atoms in total. The van der Waals surface area contributed by atoms with Gasteiger partial charge in [0.2, 0.25) is 0 Å². The molecule has 98 valence electrons. The number of aromatic nitrogens is 1. The fraction of sp³-hybridized carbons (Fsp3) is 0.500. The van der Waals surface area contributed by atoms with Crippen molar-refractivity contribution in [2.75, 3.05) is 30.8 Å². The van der Waals surface area contributed by atoms with E-state index < -0.39 is 5.91 Å². The Balaban J connectivity index is 2.19. The van der Waals surface area contributed by atoms with Gasteiger partial charge >= 0.3 is 5.97 Å². The molecule has 0 aromatic carbocycles. The quantitative estimate of drug-likeness (QED) is 0.737. The second kappa shape index (κ2) is 4.81. The number of anilines is 2. The highest BCUT2D eigenvalue weighted by Crippen LogP contribution is 2.34. The van der Waals surface area contributed by atoms with Gasteiger partial charge in [-0.15, -0.1) is 0 Å². The van der Waals surface area contributed by atoms with Gasteiger partial charge in [0.25, 0.3) is 5.91 Å². The Bertz CT molecular complexity index is 487. The monoisotopic (exact) mass is 270 g/mol. The fourth-order valence-electron chi connectivity index (χ4n) is 2.04. The lowest BCUT2D eigenvalue weighted by Crippen LogP contribution is -2.25. The van der Waals surface area contributed by atoms with Crippen LogP contribution in [0.1, 0.15) is 16.8 Å². The molecule has 8 heteroatoms. The molecule has 2 rings (SSSR count). The van der Waals surface area contributed by atoms with Crippen molar-refractivity contribution in [2.24, 2.45) is 11.7 Å². The number of esters is 1. The molecule has 0 spiro atoms. The molecule has 0 radical (unpaired) electrons. The van der Waals surface area contributed by atoms with E-state index in [4.69, 9.17) is 16.2 Å². The summed E-state index contributed by atoms with van der Waals surface area (Å²) in [6, 6.07) is 0. The van der Waals surface area contributed by atoms with E-state index in [1.807, 2.05) is 4.90 Å². The van der Waals surface area contributed by atoms with Gasteiger partial charge in [-0.1, -0.05) is 0 Å². The van der Waals surface area contributed by atoms with Crippen LogP contribution in [0.3, 0.4) is 0 Å². The van der Waals surface area contributed by atoms with Crippen LogP contribution in [-0.2, 0) is 9.53 Å². The summed E-state index contributed by atoms with van der Waals surface area (Å²) in [7, 11) is 1.37. The van der Waals surface area contributed by atoms with Gasteiger partial charge in [0.1, 0.15) is 10.6 Å². The molecule has 1 aliphatic heterocycles. The Morgan fingerprint density at radius 1 is 1.56 bits per heavy atom. The number of nitrogen functional groups attached to an aromatic ring is 1. The van der Waals surface area contributed by atoms with Crippen molar-refractivity contribution < 1.29 is 14.3 Å². The molecule has 1 fully saturated rings. The van der Waals surface area contributed by atoms with Crippen LogP contribution in [-0.4, -0.2) is 36.4 Å². The molecule has 1 saturated heterocycles. The average Bonchev–Trinajstić information content (AvgIpc) is 2.93. The Labute approximate surface area is 108 Å². The molecule has 1 unspecified atom stereocenters. The van der Waals surface area contributed by atoms with E-state index in [1.54, 1.807) is 0 Å². The van der Waals surface area contributed by atoms with Gasteiger partial charge in [-0.3, -0.25) is 9.59 Å². The van der Waals surface area contributed by atoms with Crippen LogP contribution >= 0.6 is 11.5 Å². The Kier molecular flexibility index (Phi) is 3.37. The zero-order valence-electron chi connectivity index (χ0n) is 9.88. The SMILES string of the molecule is COC(=O)C1CCN(c2snc(N)c2C(N)=O)C1. The summed E-state index contributed by atoms with van der Waals surface area (Å²) in [4.78, 5) is 24.7. The maximum atomic E-state index is 11.4. The van der Waals surface area contributed by atoms with Crippen LogP contribution in [0, 0.1) is 5.92 Å². The average molecular weight is 270 g/mol. The van der Waals surface area contributed by atoms with Crippen molar-refractivity contribution in [1.82, 2.24) is 4.37 Å². The molecule has 0 bridgehead atoms. The number of methoxy groups -OCH3 is 1. The number of hydrogen-bond donors (Lipinski definition) is 2. The first-order valence-corrected chi connectivity index (χ1v) is 6.19. The van der Waals surface area contributed by atoms with E-state index in [-0.39, 0.29) is 23.3 Å². The number of ether oxygens (including phenoxy) is 1. The van der Waals surface area contributed by atoms with Crippen LogP contribution in [0.25, 0.3) is 0 Å². The number of hydrogen-bond acceptors (Lipinski definition) is 7. The summed E-state index contributed by atoms with van der Waals surface area (Å²) in [6.45, 7) is 1.15. The summed E-state index contributed by atoms with van der Waals surface area (Å²) in [6.07, 6.45) is 0.683. The highest BCUT2D eigenvalue weighted by atomic mass is 32.1. The first-order chi connectivity index (χ1) is 8.54. The summed E-state index contributed by atoms with van der Waals surface area (Å²) >= 11 is 1.12. The molecule has 4 N–H and O–H groups in total. The number of carbonyl (C=O) groups excluding carboxylic acids is 2. The number of primary amides is 1. The van der Waals surface area contributed by atoms with Gasteiger partial charge in [-0.25, -0.2) is 0 Å². The zero-order valence-corrected chi connectivity index (χ0v) is 10.7. The maximum absolute atomic E-state index is 11.4. The normalized spacial score (nSPS) is 18.9. The van der Waals surface area contributed by atoms with Gasteiger partial charge in [0.15, 0.2) is 5.82 Å². The molecule has 2 heterocycles. The molecule has 1 aliphatic rings. The van der Waals surface area contributed by atoms with E-state index >= 15 is 0 Å². The standard InChI is InChI=1S/C10H14N4O3S/c1-17-10(16)5-2-3-14(4-5)9-6(8(12)15)7(11)13-18-9/h5H,2-4H2,1H3,(H2,11,13)(H2,12,15). The number of nitrogens with zero attached hydrogens (tertiary/aromatic N) is 2. The van der Waals surface area contributed by atoms with Gasteiger partial charge in [-0.05, 0) is 18.0 Å². The van der Waals surface area contributed by atoms with Crippen molar-refractivity contribution in [3.05, 3.63) is 5.56 Å². The van der Waals surface area contributed by atoms with Gasteiger partial charge < -0.3 is 21.1 Å². The Hall–Kier alpha value is -1.83. The highest BCUT2D eigenvalue weighted by molar-refractivity contribution is 7.11. The summed E-state index contributed by atoms with van der Waals surface area (Å²) in [5.41, 5.74) is 11.1.